The predicted molar refractivity (Wildman–Crippen MR) is 108 cm³/mol. The summed E-state index contributed by atoms with van der Waals surface area (Å²) in [4.78, 5) is 12.5. The maximum atomic E-state index is 12.5. The molecule has 1 aromatic heterocycles. The van der Waals surface area contributed by atoms with Gasteiger partial charge in [0.1, 0.15) is 0 Å². The fraction of sp³-hybridized carbons (Fsp3) is 0.125. The van der Waals surface area contributed by atoms with Crippen LogP contribution in [0.2, 0.25) is 0 Å². The molecular weight excluding hydrogens is 334 g/mol. The molecule has 0 radical (unpaired) electrons. The minimum Gasteiger partial charge on any atom is -0.465 e. The second-order valence-electron chi connectivity index (χ2n) is 6.60. The van der Waals surface area contributed by atoms with Gasteiger partial charge in [0.2, 0.25) is 0 Å². The van der Waals surface area contributed by atoms with Crippen LogP contribution >= 0.6 is 0 Å². The fourth-order valence-electron chi connectivity index (χ4n) is 3.55. The molecule has 4 rings (SSSR count). The lowest BCUT2D eigenvalue weighted by Crippen LogP contribution is -2.10. The molecule has 0 unspecified atom stereocenters. The van der Waals surface area contributed by atoms with Gasteiger partial charge in [-0.15, -0.1) is 0 Å². The monoisotopic (exact) mass is 355 g/mol. The van der Waals surface area contributed by atoms with E-state index < -0.39 is 0 Å². The van der Waals surface area contributed by atoms with Crippen LogP contribution in [0.25, 0.3) is 10.8 Å². The molecule has 0 fully saturated rings. The average Bonchev–Trinajstić information content (AvgIpc) is 3.14. The Hall–Kier alpha value is -3.33. The van der Waals surface area contributed by atoms with E-state index in [1.54, 1.807) is 0 Å². The Morgan fingerprint density at radius 2 is 1.67 bits per heavy atom. The van der Waals surface area contributed by atoms with E-state index in [0.717, 1.165) is 22.9 Å². The molecule has 0 saturated carbocycles. The number of carbonyl (C=O) groups is 1. The van der Waals surface area contributed by atoms with Gasteiger partial charge >= 0.3 is 5.97 Å². The van der Waals surface area contributed by atoms with Gasteiger partial charge in [-0.3, -0.25) is 0 Å². The second kappa shape index (κ2) is 7.50. The van der Waals surface area contributed by atoms with Crippen LogP contribution in [0.4, 0.5) is 0 Å². The largest absolute Gasteiger partial charge is 0.465 e. The van der Waals surface area contributed by atoms with Crippen LogP contribution in [0.3, 0.4) is 0 Å². The normalized spacial score (nSPS) is 10.9. The zero-order chi connectivity index (χ0) is 18.6. The summed E-state index contributed by atoms with van der Waals surface area (Å²) in [5, 5.41) is 1.98. The first-order valence-electron chi connectivity index (χ1n) is 9.03. The Labute approximate surface area is 158 Å². The smallest absolute Gasteiger partial charge is 0.338 e. The summed E-state index contributed by atoms with van der Waals surface area (Å²) in [6, 6.07) is 26.6. The van der Waals surface area contributed by atoms with Gasteiger partial charge in [0.05, 0.1) is 12.7 Å². The number of esters is 1. The number of aromatic nitrogens is 1. The van der Waals surface area contributed by atoms with E-state index in [1.165, 1.54) is 18.4 Å². The number of fused-ring (bicyclic) bond motifs is 1. The van der Waals surface area contributed by atoms with E-state index in [9.17, 15) is 4.79 Å². The van der Waals surface area contributed by atoms with Crippen LogP contribution in [-0.2, 0) is 17.7 Å². The lowest BCUT2D eigenvalue weighted by Gasteiger charge is -2.14. The minimum absolute atomic E-state index is 0.289. The molecule has 134 valence electrons. The molecule has 27 heavy (non-hydrogen) atoms. The lowest BCUT2D eigenvalue weighted by atomic mass is 9.96. The Morgan fingerprint density at radius 3 is 2.48 bits per heavy atom. The maximum Gasteiger partial charge on any atom is 0.338 e. The third-order valence-corrected chi connectivity index (χ3v) is 4.90. The van der Waals surface area contributed by atoms with E-state index in [1.807, 2.05) is 36.4 Å². The van der Waals surface area contributed by atoms with Crippen molar-refractivity contribution >= 4 is 16.7 Å². The molecule has 3 aromatic carbocycles. The maximum absolute atomic E-state index is 12.5. The van der Waals surface area contributed by atoms with Crippen molar-refractivity contribution < 1.29 is 9.53 Å². The summed E-state index contributed by atoms with van der Waals surface area (Å²) in [6.45, 7) is 0.810. The molecule has 1 heterocycles. The van der Waals surface area contributed by atoms with Crippen LogP contribution < -0.4 is 0 Å². The summed E-state index contributed by atoms with van der Waals surface area (Å²) in [5.41, 5.74) is 4.05. The number of ether oxygens (including phenoxy) is 1. The van der Waals surface area contributed by atoms with E-state index >= 15 is 0 Å². The summed E-state index contributed by atoms with van der Waals surface area (Å²) >= 11 is 0. The minimum atomic E-state index is -0.289. The summed E-state index contributed by atoms with van der Waals surface area (Å²) in [5.74, 6) is -0.289. The standard InChI is InChI=1S/C24H21NO2/c1-27-24(26)23-20(14-13-19-10-5-6-12-22(19)23)16-21-11-7-15-25(21)17-18-8-3-2-4-9-18/h2-15H,16-17H2,1H3. The van der Waals surface area contributed by atoms with Gasteiger partial charge in [-0.25, -0.2) is 4.79 Å². The molecule has 4 aromatic rings. The van der Waals surface area contributed by atoms with Gasteiger partial charge in [-0.2, -0.15) is 0 Å². The molecule has 0 aliphatic rings. The van der Waals surface area contributed by atoms with Crippen molar-refractivity contribution in [3.8, 4) is 0 Å². The first-order valence-corrected chi connectivity index (χ1v) is 9.03. The first kappa shape index (κ1) is 17.1. The molecule has 0 N–H and O–H groups in total. The Bertz CT molecular complexity index is 1080. The van der Waals surface area contributed by atoms with Crippen molar-refractivity contribution in [3.05, 3.63) is 107 Å². The molecule has 0 saturated heterocycles. The lowest BCUT2D eigenvalue weighted by molar-refractivity contribution is 0.0602. The van der Waals surface area contributed by atoms with Crippen LogP contribution in [0.15, 0.2) is 85.1 Å². The number of benzene rings is 3. The number of rotatable bonds is 5. The SMILES string of the molecule is COC(=O)c1c(Cc2cccn2Cc2ccccc2)ccc2ccccc12. The molecule has 3 nitrogen and oxygen atoms in total. The Balaban J connectivity index is 1.72. The van der Waals surface area contributed by atoms with Crippen LogP contribution in [0, 0.1) is 0 Å². The Morgan fingerprint density at radius 1 is 0.889 bits per heavy atom. The van der Waals surface area contributed by atoms with Crippen LogP contribution in [0.1, 0.15) is 27.2 Å². The highest BCUT2D eigenvalue weighted by Crippen LogP contribution is 2.26. The fourth-order valence-corrected chi connectivity index (χ4v) is 3.55. The zero-order valence-corrected chi connectivity index (χ0v) is 15.3. The van der Waals surface area contributed by atoms with Gasteiger partial charge < -0.3 is 9.30 Å². The highest BCUT2D eigenvalue weighted by molar-refractivity contribution is 6.05. The molecule has 0 aliphatic carbocycles. The van der Waals surface area contributed by atoms with E-state index in [0.29, 0.717) is 12.0 Å². The number of carbonyl (C=O) groups excluding carboxylic acids is 1. The highest BCUT2D eigenvalue weighted by atomic mass is 16.5. The van der Waals surface area contributed by atoms with Crippen LogP contribution in [-0.4, -0.2) is 17.6 Å². The molecule has 0 amide bonds. The third-order valence-electron chi connectivity index (χ3n) is 4.90. The van der Waals surface area contributed by atoms with Gasteiger partial charge in [0.25, 0.3) is 0 Å². The zero-order valence-electron chi connectivity index (χ0n) is 15.3. The van der Waals surface area contributed by atoms with Crippen molar-refractivity contribution in [2.75, 3.05) is 7.11 Å². The van der Waals surface area contributed by atoms with E-state index in [-0.39, 0.29) is 5.97 Å². The molecule has 0 spiro atoms. The quantitative estimate of drug-likeness (QED) is 0.468. The van der Waals surface area contributed by atoms with Gasteiger partial charge in [0.15, 0.2) is 0 Å². The summed E-state index contributed by atoms with van der Waals surface area (Å²) in [7, 11) is 1.44. The van der Waals surface area contributed by atoms with Crippen molar-refractivity contribution in [2.45, 2.75) is 13.0 Å². The van der Waals surface area contributed by atoms with Crippen molar-refractivity contribution in [3.63, 3.8) is 0 Å². The molecule has 0 aliphatic heterocycles. The predicted octanol–water partition coefficient (Wildman–Crippen LogP) is 5.07. The number of nitrogens with zero attached hydrogens (tertiary/aromatic N) is 1. The molecular formula is C24H21NO2. The molecule has 0 atom stereocenters. The number of hydrogen-bond donors (Lipinski definition) is 0. The van der Waals surface area contributed by atoms with Crippen LogP contribution in [0.5, 0.6) is 0 Å². The highest BCUT2D eigenvalue weighted by Gasteiger charge is 2.17. The van der Waals surface area contributed by atoms with Crippen molar-refractivity contribution in [1.82, 2.24) is 4.57 Å². The molecule has 0 bridgehead atoms. The third kappa shape index (κ3) is 3.49. The van der Waals surface area contributed by atoms with Crippen molar-refractivity contribution in [2.24, 2.45) is 0 Å². The van der Waals surface area contributed by atoms with E-state index in [2.05, 4.69) is 53.2 Å². The average molecular weight is 355 g/mol. The topological polar surface area (TPSA) is 31.2 Å². The summed E-state index contributed by atoms with van der Waals surface area (Å²) < 4.78 is 7.31. The van der Waals surface area contributed by atoms with Gasteiger partial charge in [-0.1, -0.05) is 66.7 Å². The van der Waals surface area contributed by atoms with Gasteiger partial charge in [0, 0.05) is 24.9 Å². The van der Waals surface area contributed by atoms with Crippen molar-refractivity contribution in [1.29, 1.82) is 0 Å². The first-order chi connectivity index (χ1) is 13.3. The number of hydrogen-bond acceptors (Lipinski definition) is 2. The Kier molecular flexibility index (Phi) is 4.75. The molecule has 3 heteroatoms. The van der Waals surface area contributed by atoms with E-state index in [4.69, 9.17) is 4.74 Å². The van der Waals surface area contributed by atoms with Gasteiger partial charge in [-0.05, 0) is 34.0 Å². The summed E-state index contributed by atoms with van der Waals surface area (Å²) in [6.07, 6.45) is 2.76. The number of methoxy groups -OCH3 is 1. The second-order valence-corrected chi connectivity index (χ2v) is 6.60.